The molecule has 2 aromatic rings. The van der Waals surface area contributed by atoms with Gasteiger partial charge in [0.25, 0.3) is 5.91 Å². The number of carbonyl (C=O) groups excluding carboxylic acids is 1. The molecule has 0 radical (unpaired) electrons. The minimum Gasteiger partial charge on any atom is -0.352 e. The van der Waals surface area contributed by atoms with Crippen molar-refractivity contribution in [1.29, 1.82) is 0 Å². The van der Waals surface area contributed by atoms with Crippen molar-refractivity contribution in [2.75, 3.05) is 6.54 Å². The van der Waals surface area contributed by atoms with E-state index in [1.165, 1.54) is 0 Å². The molecule has 0 fully saturated rings. The number of aryl methyl sites for hydroxylation is 1. The summed E-state index contributed by atoms with van der Waals surface area (Å²) in [6, 6.07) is 11.7. The van der Waals surface area contributed by atoms with Crippen molar-refractivity contribution in [2.24, 2.45) is 0 Å². The third-order valence-corrected chi connectivity index (χ3v) is 5.75. The lowest BCUT2D eigenvalue weighted by Crippen LogP contribution is -2.24. The topological polar surface area (TPSA) is 75.3 Å². The summed E-state index contributed by atoms with van der Waals surface area (Å²) < 4.78 is 28.1. The molecule has 2 rings (SSSR count). The van der Waals surface area contributed by atoms with Crippen LogP contribution in [-0.2, 0) is 16.6 Å². The van der Waals surface area contributed by atoms with Crippen LogP contribution in [0.5, 0.6) is 0 Å². The van der Waals surface area contributed by atoms with Gasteiger partial charge in [-0.1, -0.05) is 28.1 Å². The predicted molar refractivity (Wildman–Crippen MR) is 97.4 cm³/mol. The first-order chi connectivity index (χ1) is 11.3. The molecule has 5 nitrogen and oxygen atoms in total. The fourth-order valence-electron chi connectivity index (χ4n) is 2.08. The van der Waals surface area contributed by atoms with Crippen LogP contribution in [0, 0.1) is 6.92 Å². The fraction of sp³-hybridized carbons (Fsp3) is 0.235. The van der Waals surface area contributed by atoms with Crippen LogP contribution in [0.4, 0.5) is 0 Å². The third-order valence-electron chi connectivity index (χ3n) is 3.46. The minimum absolute atomic E-state index is 0.144. The summed E-state index contributed by atoms with van der Waals surface area (Å²) in [7, 11) is -3.58. The number of rotatable bonds is 6. The number of carbonyl (C=O) groups is 1. The quantitative estimate of drug-likeness (QED) is 0.768. The van der Waals surface area contributed by atoms with E-state index in [1.807, 2.05) is 13.8 Å². The maximum absolute atomic E-state index is 12.3. The zero-order valence-electron chi connectivity index (χ0n) is 13.5. The number of hydrogen-bond donors (Lipinski definition) is 2. The summed E-state index contributed by atoms with van der Waals surface area (Å²) >= 11 is 3.35. The van der Waals surface area contributed by atoms with Crippen LogP contribution in [0.25, 0.3) is 0 Å². The van der Waals surface area contributed by atoms with Crippen LogP contribution in [-0.4, -0.2) is 20.9 Å². The molecule has 7 heteroatoms. The Morgan fingerprint density at radius 2 is 1.79 bits per heavy atom. The molecule has 0 heterocycles. The molecule has 0 aliphatic rings. The van der Waals surface area contributed by atoms with E-state index in [-0.39, 0.29) is 17.3 Å². The van der Waals surface area contributed by atoms with Gasteiger partial charge in [-0.05, 0) is 55.3 Å². The lowest BCUT2D eigenvalue weighted by Gasteiger charge is -2.09. The van der Waals surface area contributed by atoms with Crippen molar-refractivity contribution >= 4 is 31.9 Å². The number of halogens is 1. The number of hydrogen-bond acceptors (Lipinski definition) is 3. The monoisotopic (exact) mass is 410 g/mol. The first-order valence-corrected chi connectivity index (χ1v) is 9.74. The lowest BCUT2D eigenvalue weighted by atomic mass is 10.1. The van der Waals surface area contributed by atoms with Gasteiger partial charge in [0.05, 0.1) is 4.90 Å². The second-order valence-electron chi connectivity index (χ2n) is 5.29. The smallest absolute Gasteiger partial charge is 0.251 e. The van der Waals surface area contributed by atoms with Crippen LogP contribution >= 0.6 is 15.9 Å². The highest BCUT2D eigenvalue weighted by atomic mass is 79.9. The Bertz CT molecular complexity index is 833. The Morgan fingerprint density at radius 3 is 2.38 bits per heavy atom. The molecule has 24 heavy (non-hydrogen) atoms. The van der Waals surface area contributed by atoms with E-state index in [9.17, 15) is 13.2 Å². The standard InChI is InChI=1S/C17H19BrN2O3S/c1-3-19-17(21)14-6-4-13(5-7-14)11-20-24(22,23)15-8-9-16(18)12(2)10-15/h4-10,20H,3,11H2,1-2H3,(H,19,21). The maximum atomic E-state index is 12.3. The maximum Gasteiger partial charge on any atom is 0.251 e. The van der Waals surface area contributed by atoms with E-state index < -0.39 is 10.0 Å². The average molecular weight is 411 g/mol. The molecule has 0 atom stereocenters. The van der Waals surface area contributed by atoms with Gasteiger partial charge in [0.1, 0.15) is 0 Å². The average Bonchev–Trinajstić information content (AvgIpc) is 2.56. The Kier molecular flexibility index (Phi) is 6.15. The van der Waals surface area contributed by atoms with Gasteiger partial charge < -0.3 is 5.32 Å². The van der Waals surface area contributed by atoms with Crippen molar-refractivity contribution in [3.63, 3.8) is 0 Å². The molecule has 0 saturated heterocycles. The highest BCUT2D eigenvalue weighted by Crippen LogP contribution is 2.20. The van der Waals surface area contributed by atoms with E-state index >= 15 is 0 Å². The molecule has 128 valence electrons. The number of nitrogens with one attached hydrogen (secondary N) is 2. The minimum atomic E-state index is -3.58. The predicted octanol–water partition coefficient (Wildman–Crippen LogP) is 2.99. The highest BCUT2D eigenvalue weighted by Gasteiger charge is 2.14. The molecule has 0 unspecified atom stereocenters. The lowest BCUT2D eigenvalue weighted by molar-refractivity contribution is 0.0956. The van der Waals surface area contributed by atoms with Gasteiger partial charge in [0.15, 0.2) is 0 Å². The van der Waals surface area contributed by atoms with E-state index in [1.54, 1.807) is 42.5 Å². The van der Waals surface area contributed by atoms with Crippen molar-refractivity contribution < 1.29 is 13.2 Å². The van der Waals surface area contributed by atoms with Crippen LogP contribution in [0.1, 0.15) is 28.4 Å². The largest absolute Gasteiger partial charge is 0.352 e. The second-order valence-corrected chi connectivity index (χ2v) is 7.91. The van der Waals surface area contributed by atoms with Gasteiger partial charge in [-0.25, -0.2) is 13.1 Å². The van der Waals surface area contributed by atoms with Crippen LogP contribution in [0.3, 0.4) is 0 Å². The summed E-state index contributed by atoms with van der Waals surface area (Å²) in [6.45, 7) is 4.41. The van der Waals surface area contributed by atoms with Gasteiger partial charge in [0.2, 0.25) is 10.0 Å². The Labute approximate surface area is 150 Å². The molecule has 0 bridgehead atoms. The van der Waals surface area contributed by atoms with Crippen molar-refractivity contribution in [3.8, 4) is 0 Å². The van der Waals surface area contributed by atoms with Crippen molar-refractivity contribution in [2.45, 2.75) is 25.3 Å². The molecular formula is C17H19BrN2O3S. The SMILES string of the molecule is CCNC(=O)c1ccc(CNS(=O)(=O)c2ccc(Br)c(C)c2)cc1. The summed E-state index contributed by atoms with van der Waals surface area (Å²) in [5, 5.41) is 2.71. The Hall–Kier alpha value is -1.70. The number of benzene rings is 2. The first-order valence-electron chi connectivity index (χ1n) is 7.46. The van der Waals surface area contributed by atoms with E-state index in [2.05, 4.69) is 26.0 Å². The van der Waals surface area contributed by atoms with E-state index in [0.29, 0.717) is 12.1 Å². The number of amides is 1. The third kappa shape index (κ3) is 4.66. The van der Waals surface area contributed by atoms with Crippen LogP contribution in [0.2, 0.25) is 0 Å². The molecule has 0 spiro atoms. The fourth-order valence-corrected chi connectivity index (χ4v) is 3.43. The van der Waals surface area contributed by atoms with E-state index in [4.69, 9.17) is 0 Å². The molecular weight excluding hydrogens is 392 g/mol. The van der Waals surface area contributed by atoms with Gasteiger partial charge >= 0.3 is 0 Å². The molecule has 0 aliphatic carbocycles. The van der Waals surface area contributed by atoms with Crippen molar-refractivity contribution in [1.82, 2.24) is 10.0 Å². The second kappa shape index (κ2) is 7.92. The summed E-state index contributed by atoms with van der Waals surface area (Å²) in [6.07, 6.45) is 0. The van der Waals surface area contributed by atoms with Gasteiger partial charge in [-0.2, -0.15) is 0 Å². The Morgan fingerprint density at radius 1 is 1.12 bits per heavy atom. The zero-order valence-corrected chi connectivity index (χ0v) is 15.9. The molecule has 2 N–H and O–H groups in total. The highest BCUT2D eigenvalue weighted by molar-refractivity contribution is 9.10. The molecule has 1 amide bonds. The van der Waals surface area contributed by atoms with Crippen molar-refractivity contribution in [3.05, 3.63) is 63.6 Å². The summed E-state index contributed by atoms with van der Waals surface area (Å²) in [5.74, 6) is -0.144. The molecule has 0 saturated carbocycles. The first kappa shape index (κ1) is 18.6. The number of sulfonamides is 1. The normalized spacial score (nSPS) is 11.3. The zero-order chi connectivity index (χ0) is 17.7. The van der Waals surface area contributed by atoms with Crippen LogP contribution < -0.4 is 10.0 Å². The van der Waals surface area contributed by atoms with E-state index in [0.717, 1.165) is 15.6 Å². The van der Waals surface area contributed by atoms with Gasteiger partial charge in [0, 0.05) is 23.1 Å². The van der Waals surface area contributed by atoms with Gasteiger partial charge in [-0.15, -0.1) is 0 Å². The summed E-state index contributed by atoms with van der Waals surface area (Å²) in [5.41, 5.74) is 2.18. The summed E-state index contributed by atoms with van der Waals surface area (Å²) in [4.78, 5) is 11.9. The molecule has 2 aromatic carbocycles. The van der Waals surface area contributed by atoms with Gasteiger partial charge in [-0.3, -0.25) is 4.79 Å². The Balaban J connectivity index is 2.06. The molecule has 0 aliphatic heterocycles. The molecule has 0 aromatic heterocycles. The van der Waals surface area contributed by atoms with Crippen LogP contribution in [0.15, 0.2) is 51.8 Å².